The first-order chi connectivity index (χ1) is 13.5. The van der Waals surface area contributed by atoms with Gasteiger partial charge in [0.25, 0.3) is 5.91 Å². The third kappa shape index (κ3) is 4.43. The number of piperazine rings is 1. The van der Waals surface area contributed by atoms with Gasteiger partial charge in [0.1, 0.15) is 0 Å². The van der Waals surface area contributed by atoms with Crippen LogP contribution in [0.2, 0.25) is 0 Å². The molecule has 6 nitrogen and oxygen atoms in total. The summed E-state index contributed by atoms with van der Waals surface area (Å²) >= 11 is 0. The molecule has 1 aromatic heterocycles. The highest BCUT2D eigenvalue weighted by Gasteiger charge is 2.35. The van der Waals surface area contributed by atoms with Crippen molar-refractivity contribution in [2.45, 2.75) is 31.0 Å². The summed E-state index contributed by atoms with van der Waals surface area (Å²) in [7, 11) is -3.96. The van der Waals surface area contributed by atoms with Crippen molar-refractivity contribution in [2.24, 2.45) is 0 Å². The van der Waals surface area contributed by atoms with Gasteiger partial charge in [0, 0.05) is 37.6 Å². The minimum absolute atomic E-state index is 0.0500. The van der Waals surface area contributed by atoms with Gasteiger partial charge in [-0.2, -0.15) is 17.5 Å². The van der Waals surface area contributed by atoms with Crippen LogP contribution >= 0.6 is 0 Å². The zero-order valence-corrected chi connectivity index (χ0v) is 16.7. The van der Waals surface area contributed by atoms with E-state index in [4.69, 9.17) is 0 Å². The Balaban J connectivity index is 1.74. The topological polar surface area (TPSA) is 70.6 Å². The number of pyridine rings is 1. The Labute approximate surface area is 167 Å². The fraction of sp³-hybridized carbons (Fsp3) is 0.368. The first-order valence-electron chi connectivity index (χ1n) is 8.91. The van der Waals surface area contributed by atoms with Gasteiger partial charge in [-0.25, -0.2) is 8.42 Å². The molecule has 29 heavy (non-hydrogen) atoms. The molecule has 1 amide bonds. The van der Waals surface area contributed by atoms with Crippen molar-refractivity contribution in [3.8, 4) is 0 Å². The number of hydrogen-bond acceptors (Lipinski definition) is 4. The Kier molecular flexibility index (Phi) is 5.68. The molecule has 3 rings (SSSR count). The van der Waals surface area contributed by atoms with Crippen LogP contribution in [-0.2, 0) is 16.2 Å². The third-order valence-electron chi connectivity index (χ3n) is 4.83. The van der Waals surface area contributed by atoms with Crippen LogP contribution < -0.4 is 0 Å². The zero-order valence-electron chi connectivity index (χ0n) is 15.8. The number of sulfonamides is 1. The number of aromatic nitrogens is 1. The number of halogens is 3. The van der Waals surface area contributed by atoms with Crippen LogP contribution in [0.25, 0.3) is 0 Å². The van der Waals surface area contributed by atoms with E-state index in [2.05, 4.69) is 4.98 Å². The molecule has 10 heteroatoms. The van der Waals surface area contributed by atoms with Crippen LogP contribution in [0.15, 0.2) is 47.5 Å². The Bertz CT molecular complexity index is 990. The van der Waals surface area contributed by atoms with E-state index in [-0.39, 0.29) is 30.4 Å². The number of aryl methyl sites for hydroxylation is 1. The van der Waals surface area contributed by atoms with Crippen LogP contribution in [0.4, 0.5) is 13.2 Å². The highest BCUT2D eigenvalue weighted by atomic mass is 32.2. The molecule has 0 N–H and O–H groups in total. The van der Waals surface area contributed by atoms with Gasteiger partial charge in [0.15, 0.2) is 0 Å². The van der Waals surface area contributed by atoms with E-state index in [1.807, 2.05) is 6.92 Å². The van der Waals surface area contributed by atoms with Crippen molar-refractivity contribution in [1.82, 2.24) is 14.2 Å². The van der Waals surface area contributed by atoms with Crippen LogP contribution in [0.5, 0.6) is 0 Å². The van der Waals surface area contributed by atoms with E-state index in [9.17, 15) is 26.4 Å². The van der Waals surface area contributed by atoms with Crippen molar-refractivity contribution in [3.05, 3.63) is 59.4 Å². The first-order valence-corrected chi connectivity index (χ1v) is 10.3. The quantitative estimate of drug-likeness (QED) is 0.755. The van der Waals surface area contributed by atoms with Crippen molar-refractivity contribution in [2.75, 3.05) is 19.6 Å². The molecular weight excluding hydrogens is 407 g/mol. The maximum atomic E-state index is 12.8. The fourth-order valence-electron chi connectivity index (χ4n) is 3.17. The average molecular weight is 427 g/mol. The van der Waals surface area contributed by atoms with Gasteiger partial charge in [0.05, 0.1) is 16.0 Å². The number of alkyl halides is 3. The Hall–Kier alpha value is -2.46. The minimum atomic E-state index is -4.53. The second kappa shape index (κ2) is 7.75. The SMILES string of the molecule is Cc1ccc(C(=O)N2CCN(S(=O)(=O)c3ccc(C(F)(F)F)cc3)C[C@@H]2C)cn1. The van der Waals surface area contributed by atoms with E-state index in [1.165, 1.54) is 10.5 Å². The smallest absolute Gasteiger partial charge is 0.333 e. The second-order valence-electron chi connectivity index (χ2n) is 6.92. The van der Waals surface area contributed by atoms with Crippen molar-refractivity contribution in [1.29, 1.82) is 0 Å². The highest BCUT2D eigenvalue weighted by Crippen LogP contribution is 2.30. The molecule has 0 bridgehead atoms. The maximum Gasteiger partial charge on any atom is 0.416 e. The Morgan fingerprint density at radius 1 is 1.10 bits per heavy atom. The Morgan fingerprint density at radius 2 is 1.76 bits per heavy atom. The average Bonchev–Trinajstić information content (AvgIpc) is 2.67. The molecule has 2 aromatic rings. The lowest BCUT2D eigenvalue weighted by atomic mass is 10.1. The summed E-state index contributed by atoms with van der Waals surface area (Å²) < 4.78 is 64.9. The van der Waals surface area contributed by atoms with Gasteiger partial charge in [-0.05, 0) is 50.2 Å². The zero-order chi connectivity index (χ0) is 21.4. The van der Waals surface area contributed by atoms with E-state index < -0.39 is 27.8 Å². The summed E-state index contributed by atoms with van der Waals surface area (Å²) in [6.07, 6.45) is -3.05. The number of nitrogens with zero attached hydrogens (tertiary/aromatic N) is 3. The number of benzene rings is 1. The maximum absolute atomic E-state index is 12.8. The molecule has 0 radical (unpaired) electrons. The van der Waals surface area contributed by atoms with Crippen molar-refractivity contribution in [3.63, 3.8) is 0 Å². The van der Waals surface area contributed by atoms with Crippen LogP contribution in [-0.4, -0.2) is 54.2 Å². The van der Waals surface area contributed by atoms with Gasteiger partial charge >= 0.3 is 6.18 Å². The van der Waals surface area contributed by atoms with Gasteiger partial charge in [0.2, 0.25) is 10.0 Å². The lowest BCUT2D eigenvalue weighted by molar-refractivity contribution is -0.137. The molecule has 0 aliphatic carbocycles. The molecule has 0 saturated carbocycles. The third-order valence-corrected chi connectivity index (χ3v) is 6.71. The molecule has 156 valence electrons. The van der Waals surface area contributed by atoms with E-state index >= 15 is 0 Å². The number of carbonyl (C=O) groups is 1. The standard InChI is InChI=1S/C19H20F3N3O3S/c1-13-3-4-15(11-23-13)18(26)25-10-9-24(12-14(25)2)29(27,28)17-7-5-16(6-8-17)19(20,21)22/h3-8,11,14H,9-10,12H2,1-2H3/t14-/m0/s1. The summed E-state index contributed by atoms with van der Waals surface area (Å²) in [4.78, 5) is 18.2. The predicted molar refractivity (Wildman–Crippen MR) is 99.7 cm³/mol. The van der Waals surface area contributed by atoms with Gasteiger partial charge in [-0.1, -0.05) is 0 Å². The highest BCUT2D eigenvalue weighted by molar-refractivity contribution is 7.89. The number of hydrogen-bond donors (Lipinski definition) is 0. The second-order valence-corrected chi connectivity index (χ2v) is 8.86. The first kappa shape index (κ1) is 21.3. The fourth-order valence-corrected chi connectivity index (χ4v) is 4.68. The van der Waals surface area contributed by atoms with Crippen LogP contribution in [0.1, 0.15) is 28.5 Å². The summed E-state index contributed by atoms with van der Waals surface area (Å²) in [5.74, 6) is -0.239. The predicted octanol–water partition coefficient (Wildman–Crippen LogP) is 2.94. The molecule has 0 spiro atoms. The molecule has 2 heterocycles. The molecule has 1 aliphatic heterocycles. The Morgan fingerprint density at radius 3 is 2.28 bits per heavy atom. The molecular formula is C19H20F3N3O3S. The normalized spacial score (nSPS) is 18.7. The summed E-state index contributed by atoms with van der Waals surface area (Å²) in [5.41, 5.74) is 0.287. The number of amides is 1. The summed E-state index contributed by atoms with van der Waals surface area (Å²) in [6.45, 7) is 3.82. The lowest BCUT2D eigenvalue weighted by Crippen LogP contribution is -2.55. The molecule has 1 saturated heterocycles. The molecule has 0 unspecified atom stereocenters. The van der Waals surface area contributed by atoms with Crippen molar-refractivity contribution < 1.29 is 26.4 Å². The monoisotopic (exact) mass is 427 g/mol. The molecule has 1 aromatic carbocycles. The van der Waals surface area contributed by atoms with Crippen LogP contribution in [0, 0.1) is 6.92 Å². The summed E-state index contributed by atoms with van der Waals surface area (Å²) in [6, 6.07) is 6.41. The largest absolute Gasteiger partial charge is 0.416 e. The van der Waals surface area contributed by atoms with E-state index in [0.717, 1.165) is 30.0 Å². The van der Waals surface area contributed by atoms with Crippen molar-refractivity contribution >= 4 is 15.9 Å². The van der Waals surface area contributed by atoms with E-state index in [0.29, 0.717) is 5.56 Å². The molecule has 1 fully saturated rings. The van der Waals surface area contributed by atoms with Gasteiger partial charge in [-0.15, -0.1) is 0 Å². The summed E-state index contributed by atoms with van der Waals surface area (Å²) in [5, 5.41) is 0. The lowest BCUT2D eigenvalue weighted by Gasteiger charge is -2.39. The van der Waals surface area contributed by atoms with Gasteiger partial charge in [-0.3, -0.25) is 9.78 Å². The minimum Gasteiger partial charge on any atom is -0.333 e. The number of rotatable bonds is 3. The van der Waals surface area contributed by atoms with E-state index in [1.54, 1.807) is 24.0 Å². The number of carbonyl (C=O) groups excluding carboxylic acids is 1. The molecule has 1 aliphatic rings. The van der Waals surface area contributed by atoms with Crippen LogP contribution in [0.3, 0.4) is 0 Å². The van der Waals surface area contributed by atoms with Gasteiger partial charge < -0.3 is 4.90 Å². The molecule has 1 atom stereocenters.